The molecule has 2 aromatic rings. The number of nitrogens with zero attached hydrogens (tertiary/aromatic N) is 1. The number of methoxy groups -OCH3 is 1. The molecule has 2 N–H and O–H groups in total. The first-order valence-electron chi connectivity index (χ1n) is 8.58. The van der Waals surface area contributed by atoms with Crippen molar-refractivity contribution in [3.05, 3.63) is 53.6 Å². The summed E-state index contributed by atoms with van der Waals surface area (Å²) >= 11 is 0. The van der Waals surface area contributed by atoms with Crippen LogP contribution < -0.4 is 20.3 Å². The Bertz CT molecular complexity index is 818. The van der Waals surface area contributed by atoms with Gasteiger partial charge < -0.3 is 20.3 Å². The number of rotatable bonds is 4. The lowest BCUT2D eigenvalue weighted by atomic mass is 10.1. The molecule has 3 amide bonds. The number of benzene rings is 2. The molecule has 0 radical (unpaired) electrons. The number of carbonyl (C=O) groups excluding carboxylic acids is 2. The van der Waals surface area contributed by atoms with Gasteiger partial charge in [0.1, 0.15) is 11.8 Å². The van der Waals surface area contributed by atoms with Crippen LogP contribution in [0.3, 0.4) is 0 Å². The zero-order valence-electron chi connectivity index (χ0n) is 15.2. The molecule has 1 heterocycles. The molecule has 0 aliphatic carbocycles. The zero-order chi connectivity index (χ0) is 18.7. The summed E-state index contributed by atoms with van der Waals surface area (Å²) in [5.41, 5.74) is 3.84. The normalized spacial score (nSPS) is 16.5. The second kappa shape index (κ2) is 7.47. The summed E-state index contributed by atoms with van der Waals surface area (Å²) in [5.74, 6) is 0.629. The van der Waals surface area contributed by atoms with Crippen LogP contribution in [0.1, 0.15) is 17.5 Å². The van der Waals surface area contributed by atoms with E-state index in [4.69, 9.17) is 4.74 Å². The maximum atomic E-state index is 12.6. The Morgan fingerprint density at radius 2 is 1.85 bits per heavy atom. The maximum absolute atomic E-state index is 12.6. The predicted molar refractivity (Wildman–Crippen MR) is 102 cm³/mol. The fourth-order valence-electron chi connectivity index (χ4n) is 2.96. The molecule has 1 aliphatic rings. The summed E-state index contributed by atoms with van der Waals surface area (Å²) in [4.78, 5) is 26.6. The van der Waals surface area contributed by atoms with E-state index in [0.717, 1.165) is 11.3 Å². The molecule has 6 nitrogen and oxygen atoms in total. The van der Waals surface area contributed by atoms with Crippen LogP contribution in [0.15, 0.2) is 42.5 Å². The number of amides is 3. The Balaban J connectivity index is 1.60. The molecule has 0 bridgehead atoms. The summed E-state index contributed by atoms with van der Waals surface area (Å²) in [7, 11) is 1.59. The average Bonchev–Trinajstić information content (AvgIpc) is 2.98. The Morgan fingerprint density at radius 1 is 1.12 bits per heavy atom. The van der Waals surface area contributed by atoms with Crippen LogP contribution in [0.25, 0.3) is 0 Å². The second-order valence-electron chi connectivity index (χ2n) is 6.43. The second-order valence-corrected chi connectivity index (χ2v) is 6.43. The van der Waals surface area contributed by atoms with Crippen LogP contribution in [0.2, 0.25) is 0 Å². The van der Waals surface area contributed by atoms with Crippen molar-refractivity contribution < 1.29 is 14.3 Å². The Kier molecular flexibility index (Phi) is 5.11. The third-order valence-corrected chi connectivity index (χ3v) is 4.66. The largest absolute Gasteiger partial charge is 0.497 e. The van der Waals surface area contributed by atoms with Crippen molar-refractivity contribution in [3.63, 3.8) is 0 Å². The molecule has 6 heteroatoms. The highest BCUT2D eigenvalue weighted by Gasteiger charge is 2.33. The van der Waals surface area contributed by atoms with Gasteiger partial charge in [0.2, 0.25) is 5.91 Å². The van der Waals surface area contributed by atoms with Crippen LogP contribution in [0, 0.1) is 13.8 Å². The summed E-state index contributed by atoms with van der Waals surface area (Å²) in [6.07, 6.45) is 0.585. The van der Waals surface area contributed by atoms with Gasteiger partial charge in [-0.2, -0.15) is 0 Å². The van der Waals surface area contributed by atoms with E-state index in [1.165, 1.54) is 5.56 Å². The van der Waals surface area contributed by atoms with Crippen molar-refractivity contribution >= 4 is 23.3 Å². The van der Waals surface area contributed by atoms with Gasteiger partial charge in [-0.05, 0) is 67.8 Å². The highest BCUT2D eigenvalue weighted by Crippen LogP contribution is 2.24. The average molecular weight is 353 g/mol. The Labute approximate surface area is 153 Å². The van der Waals surface area contributed by atoms with Gasteiger partial charge in [0, 0.05) is 17.9 Å². The number of urea groups is 1. The SMILES string of the molecule is COc1ccc(NC(=O)N[C@H]2CCN(c3ccc(C)c(C)c3)C2=O)cc1. The molecule has 2 aromatic carbocycles. The number of nitrogens with one attached hydrogen (secondary N) is 2. The quantitative estimate of drug-likeness (QED) is 0.886. The molecule has 0 aromatic heterocycles. The van der Waals surface area contributed by atoms with Crippen LogP contribution in [0.4, 0.5) is 16.2 Å². The lowest BCUT2D eigenvalue weighted by Crippen LogP contribution is -2.43. The number of hydrogen-bond donors (Lipinski definition) is 2. The first-order chi connectivity index (χ1) is 12.5. The molecule has 136 valence electrons. The van der Waals surface area contributed by atoms with Gasteiger partial charge >= 0.3 is 6.03 Å². The van der Waals surface area contributed by atoms with Crippen molar-refractivity contribution in [3.8, 4) is 5.75 Å². The minimum atomic E-state index is -0.519. The fraction of sp³-hybridized carbons (Fsp3) is 0.300. The van der Waals surface area contributed by atoms with E-state index in [0.29, 0.717) is 24.4 Å². The summed E-state index contributed by atoms with van der Waals surface area (Å²) < 4.78 is 5.09. The third-order valence-electron chi connectivity index (χ3n) is 4.66. The van der Waals surface area contributed by atoms with Gasteiger partial charge in [-0.3, -0.25) is 4.79 Å². The van der Waals surface area contributed by atoms with Crippen LogP contribution in [0.5, 0.6) is 5.75 Å². The van der Waals surface area contributed by atoms with Gasteiger partial charge in [0.05, 0.1) is 7.11 Å². The molecular formula is C20H23N3O3. The van der Waals surface area contributed by atoms with Crippen LogP contribution in [-0.4, -0.2) is 31.6 Å². The van der Waals surface area contributed by atoms with Gasteiger partial charge in [-0.25, -0.2) is 4.79 Å². The molecule has 1 fully saturated rings. The monoisotopic (exact) mass is 353 g/mol. The van der Waals surface area contributed by atoms with E-state index in [9.17, 15) is 9.59 Å². The van der Waals surface area contributed by atoms with E-state index < -0.39 is 12.1 Å². The summed E-state index contributed by atoms with van der Waals surface area (Å²) in [6.45, 7) is 4.66. The lowest BCUT2D eigenvalue weighted by molar-refractivity contribution is -0.118. The van der Waals surface area contributed by atoms with E-state index in [1.54, 1.807) is 36.3 Å². The first kappa shape index (κ1) is 17.8. The van der Waals surface area contributed by atoms with Gasteiger partial charge in [-0.1, -0.05) is 6.07 Å². The molecule has 1 atom stereocenters. The highest BCUT2D eigenvalue weighted by atomic mass is 16.5. The van der Waals surface area contributed by atoms with Gasteiger partial charge in [0.25, 0.3) is 0 Å². The Hall–Kier alpha value is -3.02. The topological polar surface area (TPSA) is 70.7 Å². The predicted octanol–water partition coefficient (Wildman–Crippen LogP) is 3.24. The summed E-state index contributed by atoms with van der Waals surface area (Å²) in [6, 6.07) is 12.1. The lowest BCUT2D eigenvalue weighted by Gasteiger charge is -2.18. The van der Waals surface area contributed by atoms with Crippen molar-refractivity contribution in [1.82, 2.24) is 5.32 Å². The molecule has 1 saturated heterocycles. The molecule has 3 rings (SSSR count). The van der Waals surface area contributed by atoms with Crippen LogP contribution >= 0.6 is 0 Å². The molecule has 26 heavy (non-hydrogen) atoms. The third kappa shape index (κ3) is 3.79. The molecule has 0 unspecified atom stereocenters. The van der Waals surface area contributed by atoms with E-state index in [2.05, 4.69) is 10.6 Å². The minimum Gasteiger partial charge on any atom is -0.497 e. The molecule has 0 spiro atoms. The smallest absolute Gasteiger partial charge is 0.319 e. The standard InChI is InChI=1S/C20H23N3O3/c1-13-4-7-16(12-14(13)2)23-11-10-18(19(23)24)22-20(25)21-15-5-8-17(26-3)9-6-15/h4-9,12,18H,10-11H2,1-3H3,(H2,21,22,25)/t18-/m0/s1. The highest BCUT2D eigenvalue weighted by molar-refractivity contribution is 6.02. The van der Waals surface area contributed by atoms with Gasteiger partial charge in [-0.15, -0.1) is 0 Å². The molecule has 0 saturated carbocycles. The van der Waals surface area contributed by atoms with E-state index in [-0.39, 0.29) is 5.91 Å². The number of aryl methyl sites for hydroxylation is 2. The summed E-state index contributed by atoms with van der Waals surface area (Å²) in [5, 5.41) is 5.49. The van der Waals surface area contributed by atoms with Crippen molar-refractivity contribution in [2.45, 2.75) is 26.3 Å². The number of hydrogen-bond acceptors (Lipinski definition) is 3. The number of anilines is 2. The molecular weight excluding hydrogens is 330 g/mol. The molecule has 1 aliphatic heterocycles. The minimum absolute atomic E-state index is 0.0851. The van der Waals surface area contributed by atoms with Crippen molar-refractivity contribution in [1.29, 1.82) is 0 Å². The fourth-order valence-corrected chi connectivity index (χ4v) is 2.96. The van der Waals surface area contributed by atoms with Crippen LogP contribution in [-0.2, 0) is 4.79 Å². The van der Waals surface area contributed by atoms with E-state index in [1.807, 2.05) is 32.0 Å². The first-order valence-corrected chi connectivity index (χ1v) is 8.58. The van der Waals surface area contributed by atoms with Crippen molar-refractivity contribution in [2.75, 3.05) is 23.9 Å². The Morgan fingerprint density at radius 3 is 2.50 bits per heavy atom. The number of carbonyl (C=O) groups is 2. The zero-order valence-corrected chi connectivity index (χ0v) is 15.2. The maximum Gasteiger partial charge on any atom is 0.319 e. The number of ether oxygens (including phenoxy) is 1. The van der Waals surface area contributed by atoms with Crippen molar-refractivity contribution in [2.24, 2.45) is 0 Å². The van der Waals surface area contributed by atoms with E-state index >= 15 is 0 Å². The van der Waals surface area contributed by atoms with Gasteiger partial charge in [0.15, 0.2) is 0 Å².